The van der Waals surface area contributed by atoms with Crippen molar-refractivity contribution in [2.24, 2.45) is 0 Å². The lowest BCUT2D eigenvalue weighted by atomic mass is 10.2. The van der Waals surface area contributed by atoms with E-state index in [1.54, 1.807) is 0 Å². The summed E-state index contributed by atoms with van der Waals surface area (Å²) in [6, 6.07) is 31.4. The van der Waals surface area contributed by atoms with Gasteiger partial charge >= 0.3 is 0 Å². The fourth-order valence-corrected chi connectivity index (χ4v) is 7.36. The van der Waals surface area contributed by atoms with Crippen LogP contribution in [0.15, 0.2) is 84.9 Å². The SMILES string of the molecule is CCc1ccc([P+](CC)(c2ccccc2)c2ccccc2)cc1. The lowest BCUT2D eigenvalue weighted by Crippen LogP contribution is -2.32. The summed E-state index contributed by atoms with van der Waals surface area (Å²) in [7, 11) is -1.56. The first kappa shape index (κ1) is 16.0. The Hall–Kier alpha value is -1.91. The number of benzene rings is 3. The van der Waals surface area contributed by atoms with Crippen LogP contribution in [-0.4, -0.2) is 6.16 Å². The van der Waals surface area contributed by atoms with Crippen molar-refractivity contribution in [1.82, 2.24) is 0 Å². The summed E-state index contributed by atoms with van der Waals surface area (Å²) in [5.41, 5.74) is 1.41. The minimum absolute atomic E-state index is 1.09. The molecule has 0 nitrogen and oxygen atoms in total. The molecule has 0 aliphatic rings. The maximum Gasteiger partial charge on any atom is 0.111 e. The van der Waals surface area contributed by atoms with Crippen molar-refractivity contribution < 1.29 is 0 Å². The first-order valence-electron chi connectivity index (χ1n) is 8.40. The summed E-state index contributed by atoms with van der Waals surface area (Å²) < 4.78 is 0. The fraction of sp³-hybridized carbons (Fsp3) is 0.182. The molecular weight excluding hydrogens is 295 g/mol. The normalized spacial score (nSPS) is 11.4. The number of hydrogen-bond donors (Lipinski definition) is 0. The van der Waals surface area contributed by atoms with E-state index in [-0.39, 0.29) is 0 Å². The monoisotopic (exact) mass is 319 g/mol. The van der Waals surface area contributed by atoms with Crippen molar-refractivity contribution in [3.8, 4) is 0 Å². The van der Waals surface area contributed by atoms with E-state index in [0.29, 0.717) is 0 Å². The Morgan fingerprint density at radius 2 is 1.00 bits per heavy atom. The molecule has 0 aliphatic carbocycles. The Labute approximate surface area is 140 Å². The van der Waals surface area contributed by atoms with Crippen LogP contribution in [0.3, 0.4) is 0 Å². The zero-order valence-electron chi connectivity index (χ0n) is 13.9. The first-order chi connectivity index (χ1) is 11.3. The van der Waals surface area contributed by atoms with Gasteiger partial charge in [0.15, 0.2) is 0 Å². The minimum atomic E-state index is -1.56. The molecule has 1 heteroatoms. The molecule has 0 heterocycles. The third kappa shape index (κ3) is 2.96. The van der Waals surface area contributed by atoms with Crippen molar-refractivity contribution in [2.75, 3.05) is 6.16 Å². The van der Waals surface area contributed by atoms with E-state index < -0.39 is 7.26 Å². The summed E-state index contributed by atoms with van der Waals surface area (Å²) >= 11 is 0. The Bertz CT molecular complexity index is 690. The van der Waals surface area contributed by atoms with Gasteiger partial charge in [0.25, 0.3) is 0 Å². The molecule has 0 spiro atoms. The average Bonchev–Trinajstić information content (AvgIpc) is 2.65. The predicted molar refractivity (Wildman–Crippen MR) is 105 cm³/mol. The Morgan fingerprint density at radius 3 is 1.39 bits per heavy atom. The maximum atomic E-state index is 2.36. The van der Waals surface area contributed by atoms with E-state index in [2.05, 4.69) is 98.8 Å². The van der Waals surface area contributed by atoms with Crippen LogP contribution in [-0.2, 0) is 6.42 Å². The van der Waals surface area contributed by atoms with E-state index in [4.69, 9.17) is 0 Å². The van der Waals surface area contributed by atoms with Crippen LogP contribution in [0.4, 0.5) is 0 Å². The van der Waals surface area contributed by atoms with Crippen LogP contribution in [0, 0.1) is 0 Å². The van der Waals surface area contributed by atoms with Gasteiger partial charge in [0.05, 0.1) is 6.16 Å². The number of hydrogen-bond acceptors (Lipinski definition) is 0. The second-order valence-corrected chi connectivity index (χ2v) is 9.62. The second kappa shape index (κ2) is 7.11. The molecule has 0 N–H and O–H groups in total. The van der Waals surface area contributed by atoms with E-state index in [1.807, 2.05) is 0 Å². The quantitative estimate of drug-likeness (QED) is 0.605. The Kier molecular flexibility index (Phi) is 4.94. The molecule has 0 unspecified atom stereocenters. The van der Waals surface area contributed by atoms with Gasteiger partial charge < -0.3 is 0 Å². The molecule has 0 aromatic heterocycles. The molecule has 3 aromatic rings. The molecule has 0 radical (unpaired) electrons. The Morgan fingerprint density at radius 1 is 0.565 bits per heavy atom. The van der Waals surface area contributed by atoms with Crippen molar-refractivity contribution in [3.63, 3.8) is 0 Å². The summed E-state index contributed by atoms with van der Waals surface area (Å²) in [6.45, 7) is 4.55. The fourth-order valence-electron chi connectivity index (χ4n) is 3.35. The molecule has 0 atom stereocenters. The van der Waals surface area contributed by atoms with Crippen molar-refractivity contribution in [2.45, 2.75) is 20.3 Å². The lowest BCUT2D eigenvalue weighted by molar-refractivity contribution is 1.14. The van der Waals surface area contributed by atoms with E-state index >= 15 is 0 Å². The van der Waals surface area contributed by atoms with Gasteiger partial charge in [-0.1, -0.05) is 55.5 Å². The highest BCUT2D eigenvalue weighted by Crippen LogP contribution is 2.54. The third-order valence-corrected chi connectivity index (χ3v) is 9.14. The highest BCUT2D eigenvalue weighted by Gasteiger charge is 2.43. The van der Waals surface area contributed by atoms with Crippen LogP contribution >= 0.6 is 7.26 Å². The van der Waals surface area contributed by atoms with Crippen LogP contribution in [0.5, 0.6) is 0 Å². The molecule has 0 saturated heterocycles. The highest BCUT2D eigenvalue weighted by molar-refractivity contribution is 7.95. The van der Waals surface area contributed by atoms with Crippen LogP contribution in [0.2, 0.25) is 0 Å². The van der Waals surface area contributed by atoms with E-state index in [0.717, 1.165) is 12.6 Å². The topological polar surface area (TPSA) is 0 Å². The molecule has 23 heavy (non-hydrogen) atoms. The second-order valence-electron chi connectivity index (χ2n) is 5.82. The van der Waals surface area contributed by atoms with Crippen molar-refractivity contribution in [1.29, 1.82) is 0 Å². The summed E-state index contributed by atoms with van der Waals surface area (Å²) in [5.74, 6) is 0. The van der Waals surface area contributed by atoms with Gasteiger partial charge in [-0.2, -0.15) is 0 Å². The zero-order valence-corrected chi connectivity index (χ0v) is 14.8. The third-order valence-electron chi connectivity index (χ3n) is 4.65. The van der Waals surface area contributed by atoms with Gasteiger partial charge in [0.2, 0.25) is 0 Å². The highest BCUT2D eigenvalue weighted by atomic mass is 31.2. The van der Waals surface area contributed by atoms with Crippen molar-refractivity contribution >= 4 is 23.2 Å². The molecule has 3 rings (SSSR count). The van der Waals surface area contributed by atoms with Gasteiger partial charge in [0.1, 0.15) is 23.2 Å². The summed E-state index contributed by atoms with van der Waals surface area (Å²) in [4.78, 5) is 0. The number of aryl methyl sites for hydroxylation is 1. The molecule has 3 aromatic carbocycles. The molecule has 0 fully saturated rings. The summed E-state index contributed by atoms with van der Waals surface area (Å²) in [5, 5.41) is 4.42. The van der Waals surface area contributed by atoms with Crippen molar-refractivity contribution in [3.05, 3.63) is 90.5 Å². The zero-order chi connectivity index (χ0) is 16.1. The average molecular weight is 319 g/mol. The smallest absolute Gasteiger partial charge is 0.0620 e. The predicted octanol–water partition coefficient (Wildman–Crippen LogP) is 4.56. The Balaban J connectivity index is 2.24. The molecule has 116 valence electrons. The van der Waals surface area contributed by atoms with Gasteiger partial charge in [-0.05, 0) is 55.3 Å². The molecular formula is C22H24P+. The molecule has 0 amide bonds. The van der Waals surface area contributed by atoms with Gasteiger partial charge in [-0.25, -0.2) is 0 Å². The molecule has 0 saturated carbocycles. The van der Waals surface area contributed by atoms with Gasteiger partial charge in [-0.3, -0.25) is 0 Å². The first-order valence-corrected chi connectivity index (χ1v) is 10.4. The van der Waals surface area contributed by atoms with E-state index in [1.165, 1.54) is 21.5 Å². The number of rotatable bonds is 5. The molecule has 0 aliphatic heterocycles. The minimum Gasteiger partial charge on any atom is -0.0620 e. The summed E-state index contributed by atoms with van der Waals surface area (Å²) in [6.07, 6.45) is 2.24. The van der Waals surface area contributed by atoms with Gasteiger partial charge in [0, 0.05) is 0 Å². The largest absolute Gasteiger partial charge is 0.111 e. The maximum absolute atomic E-state index is 2.36. The van der Waals surface area contributed by atoms with Crippen LogP contribution in [0.1, 0.15) is 19.4 Å². The van der Waals surface area contributed by atoms with Crippen LogP contribution < -0.4 is 15.9 Å². The van der Waals surface area contributed by atoms with E-state index in [9.17, 15) is 0 Å². The molecule has 0 bridgehead atoms. The van der Waals surface area contributed by atoms with Crippen LogP contribution in [0.25, 0.3) is 0 Å². The lowest BCUT2D eigenvalue weighted by Gasteiger charge is -2.26. The van der Waals surface area contributed by atoms with Gasteiger partial charge in [-0.15, -0.1) is 0 Å². The standard InChI is InChI=1S/C22H24P/c1-3-19-15-17-22(18-16-19)23(4-2,20-11-7-5-8-12-20)21-13-9-6-10-14-21/h5-18H,3-4H2,1-2H3/q+1.